The third kappa shape index (κ3) is 3.03. The summed E-state index contributed by atoms with van der Waals surface area (Å²) in [5, 5.41) is 9.82. The Morgan fingerprint density at radius 2 is 1.85 bits per heavy atom. The van der Waals surface area contributed by atoms with Gasteiger partial charge in [0.1, 0.15) is 23.7 Å². The van der Waals surface area contributed by atoms with E-state index in [0.29, 0.717) is 5.02 Å². The molecule has 0 aliphatic rings. The van der Waals surface area contributed by atoms with E-state index in [1.807, 2.05) is 18.2 Å². The van der Waals surface area contributed by atoms with Crippen molar-refractivity contribution in [3.05, 3.63) is 58.6 Å². The predicted molar refractivity (Wildman–Crippen MR) is 75.7 cm³/mol. The van der Waals surface area contributed by atoms with Crippen LogP contribution in [0.25, 0.3) is 0 Å². The van der Waals surface area contributed by atoms with Crippen LogP contribution in [0.3, 0.4) is 0 Å². The molecule has 0 bridgehead atoms. The van der Waals surface area contributed by atoms with Crippen molar-refractivity contribution in [2.24, 2.45) is 0 Å². The standard InChI is InChI=1S/C15H13ClO4/c1-19-12-7-4-8-13(14(12)15(17)18)20-9-10-5-2-3-6-11(10)16/h2-8H,9H2,1H3,(H,17,18). The van der Waals surface area contributed by atoms with Gasteiger partial charge in [-0.2, -0.15) is 0 Å². The number of hydrogen-bond donors (Lipinski definition) is 1. The van der Waals surface area contributed by atoms with Crippen LogP contribution in [0.2, 0.25) is 5.02 Å². The number of aromatic carboxylic acids is 1. The Bertz CT molecular complexity index is 625. The van der Waals surface area contributed by atoms with Gasteiger partial charge in [-0.05, 0) is 18.2 Å². The van der Waals surface area contributed by atoms with Crippen LogP contribution in [0.15, 0.2) is 42.5 Å². The smallest absolute Gasteiger partial charge is 0.343 e. The topological polar surface area (TPSA) is 55.8 Å². The van der Waals surface area contributed by atoms with E-state index in [1.54, 1.807) is 24.3 Å². The van der Waals surface area contributed by atoms with Gasteiger partial charge in [0.2, 0.25) is 0 Å². The van der Waals surface area contributed by atoms with Gasteiger partial charge in [-0.25, -0.2) is 4.79 Å². The van der Waals surface area contributed by atoms with Crippen LogP contribution in [0.4, 0.5) is 0 Å². The van der Waals surface area contributed by atoms with Crippen LogP contribution < -0.4 is 9.47 Å². The van der Waals surface area contributed by atoms with Crippen molar-refractivity contribution < 1.29 is 19.4 Å². The Morgan fingerprint density at radius 3 is 2.50 bits per heavy atom. The Balaban J connectivity index is 2.26. The number of rotatable bonds is 5. The van der Waals surface area contributed by atoms with Gasteiger partial charge in [-0.15, -0.1) is 0 Å². The minimum Gasteiger partial charge on any atom is -0.496 e. The van der Waals surface area contributed by atoms with Gasteiger partial charge >= 0.3 is 5.97 Å². The highest BCUT2D eigenvalue weighted by atomic mass is 35.5. The lowest BCUT2D eigenvalue weighted by Crippen LogP contribution is -2.06. The third-order valence-electron chi connectivity index (χ3n) is 2.76. The van der Waals surface area contributed by atoms with Gasteiger partial charge in [-0.1, -0.05) is 35.9 Å². The van der Waals surface area contributed by atoms with Crippen LogP contribution in [0.5, 0.6) is 11.5 Å². The minimum absolute atomic E-state index is 0.00190. The monoisotopic (exact) mass is 292 g/mol. The molecule has 2 rings (SSSR count). The van der Waals surface area contributed by atoms with E-state index in [-0.39, 0.29) is 23.7 Å². The maximum absolute atomic E-state index is 11.3. The van der Waals surface area contributed by atoms with Crippen LogP contribution in [0, 0.1) is 0 Å². The van der Waals surface area contributed by atoms with Crippen LogP contribution in [-0.4, -0.2) is 18.2 Å². The van der Waals surface area contributed by atoms with Crippen molar-refractivity contribution in [1.82, 2.24) is 0 Å². The molecule has 0 spiro atoms. The summed E-state index contributed by atoms with van der Waals surface area (Å²) < 4.78 is 10.6. The first-order valence-electron chi connectivity index (χ1n) is 5.90. The molecule has 4 nitrogen and oxygen atoms in total. The SMILES string of the molecule is COc1cccc(OCc2ccccc2Cl)c1C(=O)O. The second-order valence-electron chi connectivity index (χ2n) is 4.02. The minimum atomic E-state index is -1.10. The number of methoxy groups -OCH3 is 1. The summed E-state index contributed by atoms with van der Waals surface area (Å²) in [5.41, 5.74) is 0.787. The van der Waals surface area contributed by atoms with Crippen LogP contribution >= 0.6 is 11.6 Å². The molecular weight excluding hydrogens is 280 g/mol. The number of hydrogen-bond acceptors (Lipinski definition) is 3. The van der Waals surface area contributed by atoms with Gasteiger partial charge < -0.3 is 14.6 Å². The quantitative estimate of drug-likeness (QED) is 0.914. The number of halogens is 1. The van der Waals surface area contributed by atoms with Gasteiger partial charge in [0, 0.05) is 10.6 Å². The molecule has 0 unspecified atom stereocenters. The Morgan fingerprint density at radius 1 is 1.15 bits per heavy atom. The molecule has 0 atom stereocenters. The van der Waals surface area contributed by atoms with E-state index in [4.69, 9.17) is 21.1 Å². The fraction of sp³-hybridized carbons (Fsp3) is 0.133. The van der Waals surface area contributed by atoms with E-state index in [2.05, 4.69) is 0 Å². The lowest BCUT2D eigenvalue weighted by Gasteiger charge is -2.12. The summed E-state index contributed by atoms with van der Waals surface area (Å²) in [6.07, 6.45) is 0. The molecule has 0 heterocycles. The molecule has 2 aromatic rings. The van der Waals surface area contributed by atoms with E-state index in [9.17, 15) is 9.90 Å². The van der Waals surface area contributed by atoms with E-state index < -0.39 is 5.97 Å². The first-order valence-corrected chi connectivity index (χ1v) is 6.27. The highest BCUT2D eigenvalue weighted by molar-refractivity contribution is 6.31. The maximum Gasteiger partial charge on any atom is 0.343 e. The second kappa shape index (κ2) is 6.30. The first-order chi connectivity index (χ1) is 9.63. The lowest BCUT2D eigenvalue weighted by atomic mass is 10.1. The molecule has 0 saturated carbocycles. The molecule has 5 heteroatoms. The van der Waals surface area contributed by atoms with Crippen molar-refractivity contribution in [1.29, 1.82) is 0 Å². The number of carboxylic acids is 1. The van der Waals surface area contributed by atoms with Crippen molar-refractivity contribution in [3.8, 4) is 11.5 Å². The molecule has 0 saturated heterocycles. The molecular formula is C15H13ClO4. The fourth-order valence-electron chi connectivity index (χ4n) is 1.78. The molecule has 0 aliphatic heterocycles. The van der Waals surface area contributed by atoms with Gasteiger partial charge in [0.15, 0.2) is 0 Å². The number of benzene rings is 2. The number of carbonyl (C=O) groups is 1. The Labute approximate surface area is 121 Å². The van der Waals surface area contributed by atoms with E-state index in [1.165, 1.54) is 7.11 Å². The summed E-state index contributed by atoms with van der Waals surface area (Å²) in [4.78, 5) is 11.3. The van der Waals surface area contributed by atoms with Gasteiger partial charge in [0.25, 0.3) is 0 Å². The van der Waals surface area contributed by atoms with Crippen molar-refractivity contribution in [2.75, 3.05) is 7.11 Å². The number of ether oxygens (including phenoxy) is 2. The van der Waals surface area contributed by atoms with Gasteiger partial charge in [-0.3, -0.25) is 0 Å². The van der Waals surface area contributed by atoms with E-state index in [0.717, 1.165) is 5.56 Å². The van der Waals surface area contributed by atoms with Crippen molar-refractivity contribution >= 4 is 17.6 Å². The Kier molecular flexibility index (Phi) is 4.48. The predicted octanol–water partition coefficient (Wildman–Crippen LogP) is 3.63. The summed E-state index contributed by atoms with van der Waals surface area (Å²) >= 11 is 6.03. The molecule has 2 aromatic carbocycles. The van der Waals surface area contributed by atoms with E-state index >= 15 is 0 Å². The largest absolute Gasteiger partial charge is 0.496 e. The first kappa shape index (κ1) is 14.2. The molecule has 0 fully saturated rings. The molecule has 0 aliphatic carbocycles. The molecule has 0 aromatic heterocycles. The zero-order valence-electron chi connectivity index (χ0n) is 10.8. The average Bonchev–Trinajstić information content (AvgIpc) is 2.45. The highest BCUT2D eigenvalue weighted by Crippen LogP contribution is 2.29. The average molecular weight is 293 g/mol. The Hall–Kier alpha value is -2.20. The normalized spacial score (nSPS) is 10.1. The van der Waals surface area contributed by atoms with Crippen LogP contribution in [-0.2, 0) is 6.61 Å². The zero-order valence-corrected chi connectivity index (χ0v) is 11.6. The maximum atomic E-state index is 11.3. The van der Waals surface area contributed by atoms with Crippen molar-refractivity contribution in [3.63, 3.8) is 0 Å². The third-order valence-corrected chi connectivity index (χ3v) is 3.13. The molecule has 0 amide bonds. The zero-order chi connectivity index (χ0) is 14.5. The second-order valence-corrected chi connectivity index (χ2v) is 4.43. The van der Waals surface area contributed by atoms with Crippen molar-refractivity contribution in [2.45, 2.75) is 6.61 Å². The van der Waals surface area contributed by atoms with Crippen LogP contribution in [0.1, 0.15) is 15.9 Å². The molecule has 104 valence electrons. The van der Waals surface area contributed by atoms with Gasteiger partial charge in [0.05, 0.1) is 7.11 Å². The summed E-state index contributed by atoms with van der Waals surface area (Å²) in [7, 11) is 1.42. The molecule has 20 heavy (non-hydrogen) atoms. The molecule has 1 N–H and O–H groups in total. The summed E-state index contributed by atoms with van der Waals surface area (Å²) in [6.45, 7) is 0.188. The number of carboxylic acid groups (broad SMARTS) is 1. The molecule has 0 radical (unpaired) electrons. The summed E-state index contributed by atoms with van der Waals surface area (Å²) in [5.74, 6) is -0.595. The fourth-order valence-corrected chi connectivity index (χ4v) is 1.97. The lowest BCUT2D eigenvalue weighted by molar-refractivity contribution is 0.0688. The highest BCUT2D eigenvalue weighted by Gasteiger charge is 2.17. The summed E-state index contributed by atoms with van der Waals surface area (Å²) in [6, 6.07) is 12.1.